The molecule has 7 aromatic rings. The van der Waals surface area contributed by atoms with Crippen molar-refractivity contribution >= 4 is 55.1 Å². The van der Waals surface area contributed by atoms with Crippen LogP contribution < -0.4 is 4.90 Å². The van der Waals surface area contributed by atoms with Crippen LogP contribution in [0.15, 0.2) is 138 Å². The zero-order chi connectivity index (χ0) is 25.5. The summed E-state index contributed by atoms with van der Waals surface area (Å²) in [4.78, 5) is 2.49. The molecule has 1 aliphatic carbocycles. The van der Waals surface area contributed by atoms with E-state index in [9.17, 15) is 0 Å². The van der Waals surface area contributed by atoms with Crippen molar-refractivity contribution in [2.45, 2.75) is 12.0 Å². The van der Waals surface area contributed by atoms with E-state index in [4.69, 9.17) is 4.42 Å². The summed E-state index contributed by atoms with van der Waals surface area (Å²) in [7, 11) is 0. The van der Waals surface area contributed by atoms with Crippen LogP contribution in [-0.2, 0) is 0 Å². The average molecular weight is 501 g/mol. The molecule has 2 atom stereocenters. The molecular weight excluding hydrogens is 476 g/mol. The fraction of sp³-hybridized carbons (Fsp3) is 0.0556. The predicted octanol–water partition coefficient (Wildman–Crippen LogP) is 9.41. The van der Waals surface area contributed by atoms with Crippen LogP contribution >= 0.6 is 0 Å². The van der Waals surface area contributed by atoms with Crippen molar-refractivity contribution < 1.29 is 4.42 Å². The minimum Gasteiger partial charge on any atom is -0.456 e. The normalized spacial score (nSPS) is 18.0. The number of para-hydroxylation sites is 3. The number of aromatic nitrogens is 1. The molecule has 2 aliphatic rings. The summed E-state index contributed by atoms with van der Waals surface area (Å²) in [6.07, 6.45) is 9.00. The number of benzene rings is 5. The van der Waals surface area contributed by atoms with Gasteiger partial charge in [0.25, 0.3) is 0 Å². The van der Waals surface area contributed by atoms with E-state index in [0.717, 1.165) is 27.6 Å². The van der Waals surface area contributed by atoms with E-state index in [1.54, 1.807) is 0 Å². The summed E-state index contributed by atoms with van der Waals surface area (Å²) in [5.41, 5.74) is 9.19. The van der Waals surface area contributed by atoms with Crippen molar-refractivity contribution in [1.29, 1.82) is 0 Å². The van der Waals surface area contributed by atoms with Crippen LogP contribution in [0.5, 0.6) is 0 Å². The Labute approximate surface area is 225 Å². The quantitative estimate of drug-likeness (QED) is 0.236. The molecule has 3 nitrogen and oxygen atoms in total. The van der Waals surface area contributed by atoms with Gasteiger partial charge in [0.05, 0.1) is 28.1 Å². The number of fused-ring (bicyclic) bond motifs is 9. The third kappa shape index (κ3) is 2.82. The first kappa shape index (κ1) is 21.0. The molecule has 0 saturated heterocycles. The van der Waals surface area contributed by atoms with Gasteiger partial charge in [-0.15, -0.1) is 0 Å². The van der Waals surface area contributed by atoms with Crippen LogP contribution in [0.25, 0.3) is 49.4 Å². The highest BCUT2D eigenvalue weighted by Gasteiger charge is 2.37. The fourth-order valence-corrected chi connectivity index (χ4v) is 6.90. The van der Waals surface area contributed by atoms with Gasteiger partial charge in [-0.25, -0.2) is 0 Å². The van der Waals surface area contributed by atoms with Gasteiger partial charge in [0, 0.05) is 33.5 Å². The Morgan fingerprint density at radius 3 is 2.13 bits per heavy atom. The van der Waals surface area contributed by atoms with E-state index < -0.39 is 0 Å². The highest BCUT2D eigenvalue weighted by atomic mass is 16.3. The number of rotatable bonds is 2. The Balaban J connectivity index is 1.33. The summed E-state index contributed by atoms with van der Waals surface area (Å²) in [6.45, 7) is 0. The molecule has 0 bridgehead atoms. The van der Waals surface area contributed by atoms with Gasteiger partial charge in [-0.3, -0.25) is 0 Å². The van der Waals surface area contributed by atoms with Gasteiger partial charge in [0.2, 0.25) is 0 Å². The lowest BCUT2D eigenvalue weighted by atomic mass is 9.91. The maximum absolute atomic E-state index is 6.45. The van der Waals surface area contributed by atoms with Gasteiger partial charge in [-0.1, -0.05) is 85.0 Å². The molecule has 0 N–H and O–H groups in total. The number of hydrogen-bond acceptors (Lipinski definition) is 2. The second-order valence-electron chi connectivity index (χ2n) is 10.5. The first-order chi connectivity index (χ1) is 19.4. The Morgan fingerprint density at radius 1 is 0.564 bits per heavy atom. The Hall–Kier alpha value is -5.02. The van der Waals surface area contributed by atoms with Crippen molar-refractivity contribution in [1.82, 2.24) is 4.57 Å². The van der Waals surface area contributed by atoms with Crippen molar-refractivity contribution in [3.63, 3.8) is 0 Å². The molecule has 9 rings (SSSR count). The van der Waals surface area contributed by atoms with Crippen LogP contribution in [0, 0.1) is 0 Å². The minimum absolute atomic E-state index is 0.264. The molecule has 0 fully saturated rings. The Morgan fingerprint density at radius 2 is 1.28 bits per heavy atom. The van der Waals surface area contributed by atoms with Crippen LogP contribution in [-0.4, -0.2) is 10.6 Å². The summed E-state index contributed by atoms with van der Waals surface area (Å²) < 4.78 is 8.85. The molecule has 184 valence electrons. The second-order valence-corrected chi connectivity index (χ2v) is 10.5. The van der Waals surface area contributed by atoms with Crippen molar-refractivity contribution in [3.05, 3.63) is 139 Å². The van der Waals surface area contributed by atoms with E-state index in [1.807, 2.05) is 0 Å². The molecule has 0 saturated carbocycles. The van der Waals surface area contributed by atoms with Gasteiger partial charge in [0.1, 0.15) is 11.2 Å². The molecule has 5 aromatic carbocycles. The molecule has 2 unspecified atom stereocenters. The smallest absolute Gasteiger partial charge is 0.137 e. The standard InChI is InChI=1S/C36H24N2O/c1-5-14-29-24(10-1)25-11-2-6-15-30(25)37(29)23-20-21-34-28(22-23)36-33(18-9-19-35(36)39-34)38-31-16-7-3-12-26(31)27-13-4-8-17-32(27)38/h1-22,24,29H. The first-order valence-corrected chi connectivity index (χ1v) is 13.5. The van der Waals surface area contributed by atoms with E-state index >= 15 is 0 Å². The highest BCUT2D eigenvalue weighted by molar-refractivity contribution is 6.14. The largest absolute Gasteiger partial charge is 0.456 e. The second kappa shape index (κ2) is 7.75. The third-order valence-electron chi connectivity index (χ3n) is 8.52. The molecule has 3 heterocycles. The van der Waals surface area contributed by atoms with Crippen molar-refractivity contribution in [2.75, 3.05) is 4.90 Å². The van der Waals surface area contributed by atoms with Crippen LogP contribution in [0.1, 0.15) is 11.5 Å². The molecule has 0 amide bonds. The molecule has 3 heteroatoms. The SMILES string of the molecule is C1=CC2c3ccccc3N(c3ccc4oc5cccc(-n6c7ccccc7c7ccccc76)c5c4c3)C2C=C1. The zero-order valence-electron chi connectivity index (χ0n) is 21.2. The maximum atomic E-state index is 6.45. The number of furan rings is 1. The minimum atomic E-state index is 0.264. The Kier molecular flexibility index (Phi) is 4.17. The fourth-order valence-electron chi connectivity index (χ4n) is 6.90. The first-order valence-electron chi connectivity index (χ1n) is 13.5. The molecule has 0 spiro atoms. The topological polar surface area (TPSA) is 21.3 Å². The number of allylic oxidation sites excluding steroid dienone is 2. The van der Waals surface area contributed by atoms with Crippen LogP contribution in [0.2, 0.25) is 0 Å². The molecule has 0 radical (unpaired) electrons. The molecule has 39 heavy (non-hydrogen) atoms. The number of nitrogens with zero attached hydrogens (tertiary/aromatic N) is 2. The van der Waals surface area contributed by atoms with E-state index in [2.05, 4.69) is 143 Å². The van der Waals surface area contributed by atoms with Gasteiger partial charge in [0.15, 0.2) is 0 Å². The van der Waals surface area contributed by atoms with Gasteiger partial charge >= 0.3 is 0 Å². The zero-order valence-corrected chi connectivity index (χ0v) is 21.2. The summed E-state index contributed by atoms with van der Waals surface area (Å²) >= 11 is 0. The Bertz CT molecular complexity index is 2110. The summed E-state index contributed by atoms with van der Waals surface area (Å²) in [6, 6.07) is 39.5. The van der Waals surface area contributed by atoms with E-state index in [0.29, 0.717) is 5.92 Å². The summed E-state index contributed by atoms with van der Waals surface area (Å²) in [5, 5.41) is 4.80. The maximum Gasteiger partial charge on any atom is 0.137 e. The van der Waals surface area contributed by atoms with E-state index in [1.165, 1.54) is 38.7 Å². The van der Waals surface area contributed by atoms with Gasteiger partial charge < -0.3 is 13.9 Å². The van der Waals surface area contributed by atoms with Crippen LogP contribution in [0.4, 0.5) is 11.4 Å². The lowest BCUT2D eigenvalue weighted by molar-refractivity contribution is 0.668. The number of hydrogen-bond donors (Lipinski definition) is 0. The van der Waals surface area contributed by atoms with Crippen LogP contribution in [0.3, 0.4) is 0 Å². The number of anilines is 2. The van der Waals surface area contributed by atoms with Crippen molar-refractivity contribution in [3.8, 4) is 5.69 Å². The highest BCUT2D eigenvalue weighted by Crippen LogP contribution is 2.48. The van der Waals surface area contributed by atoms with Gasteiger partial charge in [-0.2, -0.15) is 0 Å². The van der Waals surface area contributed by atoms with Gasteiger partial charge in [-0.05, 0) is 54.1 Å². The lowest BCUT2D eigenvalue weighted by Crippen LogP contribution is -2.28. The predicted molar refractivity (Wildman–Crippen MR) is 161 cm³/mol. The molecular formula is C36H24N2O. The molecule has 1 aliphatic heterocycles. The average Bonchev–Trinajstić information content (AvgIpc) is 3.64. The molecule has 2 aromatic heterocycles. The monoisotopic (exact) mass is 500 g/mol. The summed E-state index contributed by atoms with van der Waals surface area (Å²) in [5.74, 6) is 0.358. The third-order valence-corrected chi connectivity index (χ3v) is 8.52. The lowest BCUT2D eigenvalue weighted by Gasteiger charge is -2.28. The van der Waals surface area contributed by atoms with Crippen molar-refractivity contribution in [2.24, 2.45) is 0 Å². The van der Waals surface area contributed by atoms with E-state index in [-0.39, 0.29) is 6.04 Å².